The van der Waals surface area contributed by atoms with Crippen LogP contribution in [0.1, 0.15) is 6.42 Å². The van der Waals surface area contributed by atoms with E-state index >= 15 is 0 Å². The van der Waals surface area contributed by atoms with Gasteiger partial charge in [0.05, 0.1) is 15.7 Å². The SMILES string of the molecule is O=C(Nc1cccc(Cl)c1Cl)NC1CCN(c2ccc(F)c(F)c2)C1. The summed E-state index contributed by atoms with van der Waals surface area (Å²) in [5.41, 5.74) is 1.00. The molecule has 2 aromatic carbocycles. The number of benzene rings is 2. The molecule has 0 aromatic heterocycles. The van der Waals surface area contributed by atoms with Gasteiger partial charge in [0.15, 0.2) is 11.6 Å². The number of rotatable bonds is 3. The van der Waals surface area contributed by atoms with Crippen molar-refractivity contribution >= 4 is 40.6 Å². The van der Waals surface area contributed by atoms with Crippen molar-refractivity contribution in [1.29, 1.82) is 0 Å². The Morgan fingerprint density at radius 1 is 1.16 bits per heavy atom. The van der Waals surface area contributed by atoms with Gasteiger partial charge in [-0.05, 0) is 30.7 Å². The first-order chi connectivity index (χ1) is 11.9. The highest BCUT2D eigenvalue weighted by atomic mass is 35.5. The number of urea groups is 1. The zero-order valence-corrected chi connectivity index (χ0v) is 14.5. The smallest absolute Gasteiger partial charge is 0.319 e. The number of hydrogen-bond acceptors (Lipinski definition) is 2. The summed E-state index contributed by atoms with van der Waals surface area (Å²) >= 11 is 11.9. The number of anilines is 2. The Labute approximate surface area is 153 Å². The van der Waals surface area contributed by atoms with Crippen LogP contribution in [0, 0.1) is 11.6 Å². The van der Waals surface area contributed by atoms with Gasteiger partial charge in [-0.3, -0.25) is 0 Å². The lowest BCUT2D eigenvalue weighted by Crippen LogP contribution is -2.39. The normalized spacial score (nSPS) is 16.8. The predicted molar refractivity (Wildman–Crippen MR) is 95.6 cm³/mol. The van der Waals surface area contributed by atoms with E-state index in [0.29, 0.717) is 35.9 Å². The van der Waals surface area contributed by atoms with Gasteiger partial charge in [0, 0.05) is 30.9 Å². The van der Waals surface area contributed by atoms with Crippen LogP contribution in [0.25, 0.3) is 0 Å². The second-order valence-corrected chi connectivity index (χ2v) is 6.52. The molecule has 1 atom stereocenters. The van der Waals surface area contributed by atoms with Crippen molar-refractivity contribution in [3.8, 4) is 0 Å². The summed E-state index contributed by atoms with van der Waals surface area (Å²) in [6.07, 6.45) is 0.690. The minimum atomic E-state index is -0.887. The number of carbonyl (C=O) groups is 1. The molecule has 1 fully saturated rings. The van der Waals surface area contributed by atoms with Gasteiger partial charge in [-0.1, -0.05) is 29.3 Å². The number of nitrogens with one attached hydrogen (secondary N) is 2. The van der Waals surface area contributed by atoms with Crippen LogP contribution in [-0.2, 0) is 0 Å². The number of amides is 2. The third kappa shape index (κ3) is 4.14. The zero-order chi connectivity index (χ0) is 18.0. The van der Waals surface area contributed by atoms with E-state index in [1.165, 1.54) is 6.07 Å². The monoisotopic (exact) mass is 385 g/mol. The molecule has 2 N–H and O–H groups in total. The Kier molecular flexibility index (Phi) is 5.30. The lowest BCUT2D eigenvalue weighted by atomic mass is 10.2. The van der Waals surface area contributed by atoms with E-state index in [1.54, 1.807) is 18.2 Å². The first-order valence-electron chi connectivity index (χ1n) is 7.65. The molecule has 3 rings (SSSR count). The first-order valence-corrected chi connectivity index (χ1v) is 8.41. The molecule has 1 heterocycles. The molecule has 25 heavy (non-hydrogen) atoms. The van der Waals surface area contributed by atoms with Gasteiger partial charge in [0.25, 0.3) is 0 Å². The molecule has 0 saturated carbocycles. The molecule has 1 aliphatic rings. The lowest BCUT2D eigenvalue weighted by molar-refractivity contribution is 0.249. The molecule has 0 spiro atoms. The Balaban J connectivity index is 1.58. The molecule has 0 bridgehead atoms. The number of hydrogen-bond donors (Lipinski definition) is 2. The molecule has 0 aliphatic carbocycles. The minimum Gasteiger partial charge on any atom is -0.369 e. The number of halogens is 4. The summed E-state index contributed by atoms with van der Waals surface area (Å²) < 4.78 is 26.4. The molecule has 4 nitrogen and oxygen atoms in total. The standard InChI is InChI=1S/C17H15Cl2F2N3O/c18-12-2-1-3-15(16(12)19)23-17(25)22-10-6-7-24(9-10)11-4-5-13(20)14(21)8-11/h1-5,8,10H,6-7,9H2,(H2,22,23,25). The van der Waals surface area contributed by atoms with E-state index in [0.717, 1.165) is 12.1 Å². The summed E-state index contributed by atoms with van der Waals surface area (Å²) in [5, 5.41) is 6.12. The van der Waals surface area contributed by atoms with Crippen molar-refractivity contribution in [3.05, 3.63) is 58.1 Å². The average molecular weight is 386 g/mol. The third-order valence-corrected chi connectivity index (χ3v) is 4.81. The van der Waals surface area contributed by atoms with Crippen molar-refractivity contribution in [1.82, 2.24) is 5.32 Å². The van der Waals surface area contributed by atoms with Crippen LogP contribution in [-0.4, -0.2) is 25.2 Å². The van der Waals surface area contributed by atoms with E-state index in [-0.39, 0.29) is 11.1 Å². The van der Waals surface area contributed by atoms with Crippen LogP contribution >= 0.6 is 23.2 Å². The second kappa shape index (κ2) is 7.45. The molecule has 1 saturated heterocycles. The first kappa shape index (κ1) is 17.8. The molecule has 8 heteroatoms. The topological polar surface area (TPSA) is 44.4 Å². The quantitative estimate of drug-likeness (QED) is 0.805. The van der Waals surface area contributed by atoms with Crippen molar-refractivity contribution in [2.75, 3.05) is 23.3 Å². The van der Waals surface area contributed by atoms with Crippen LogP contribution in [0.3, 0.4) is 0 Å². The molecule has 1 aliphatic heterocycles. The lowest BCUT2D eigenvalue weighted by Gasteiger charge is -2.19. The fourth-order valence-electron chi connectivity index (χ4n) is 2.74. The van der Waals surface area contributed by atoms with Gasteiger partial charge in [-0.2, -0.15) is 0 Å². The van der Waals surface area contributed by atoms with Crippen LogP contribution in [0.5, 0.6) is 0 Å². The van der Waals surface area contributed by atoms with E-state index in [9.17, 15) is 13.6 Å². The van der Waals surface area contributed by atoms with Gasteiger partial charge in [0.2, 0.25) is 0 Å². The highest BCUT2D eigenvalue weighted by Gasteiger charge is 2.25. The Morgan fingerprint density at radius 2 is 1.96 bits per heavy atom. The summed E-state index contributed by atoms with van der Waals surface area (Å²) in [5.74, 6) is -1.77. The third-order valence-electron chi connectivity index (χ3n) is 3.99. The van der Waals surface area contributed by atoms with E-state index in [1.807, 2.05) is 4.90 Å². The van der Waals surface area contributed by atoms with Gasteiger partial charge in [0.1, 0.15) is 0 Å². The average Bonchev–Trinajstić information content (AvgIpc) is 3.03. The fraction of sp³-hybridized carbons (Fsp3) is 0.235. The Hall–Kier alpha value is -2.05. The zero-order valence-electron chi connectivity index (χ0n) is 13.0. The van der Waals surface area contributed by atoms with E-state index in [2.05, 4.69) is 10.6 Å². The van der Waals surface area contributed by atoms with Crippen molar-refractivity contribution in [3.63, 3.8) is 0 Å². The molecule has 2 aromatic rings. The predicted octanol–water partition coefficient (Wildman–Crippen LogP) is 4.67. The summed E-state index contributed by atoms with van der Waals surface area (Å²) in [7, 11) is 0. The molecule has 1 unspecified atom stereocenters. The maximum atomic E-state index is 13.3. The molecule has 132 valence electrons. The highest BCUT2D eigenvalue weighted by Crippen LogP contribution is 2.29. The minimum absolute atomic E-state index is 0.119. The van der Waals surface area contributed by atoms with E-state index < -0.39 is 17.7 Å². The van der Waals surface area contributed by atoms with Crippen LogP contribution < -0.4 is 15.5 Å². The van der Waals surface area contributed by atoms with E-state index in [4.69, 9.17) is 23.2 Å². The van der Waals surface area contributed by atoms with Gasteiger partial charge >= 0.3 is 6.03 Å². The maximum absolute atomic E-state index is 13.3. The molecule has 0 radical (unpaired) electrons. The summed E-state index contributed by atoms with van der Waals surface area (Å²) in [6, 6.07) is 8.21. The van der Waals surface area contributed by atoms with Crippen LogP contribution in [0.2, 0.25) is 10.0 Å². The van der Waals surface area contributed by atoms with Crippen LogP contribution in [0.4, 0.5) is 25.0 Å². The van der Waals surface area contributed by atoms with Crippen molar-refractivity contribution < 1.29 is 13.6 Å². The molecule has 2 amide bonds. The van der Waals surface area contributed by atoms with Crippen molar-refractivity contribution in [2.24, 2.45) is 0 Å². The maximum Gasteiger partial charge on any atom is 0.319 e. The number of carbonyl (C=O) groups excluding carboxylic acids is 1. The van der Waals surface area contributed by atoms with Crippen LogP contribution in [0.15, 0.2) is 36.4 Å². The van der Waals surface area contributed by atoms with Gasteiger partial charge < -0.3 is 15.5 Å². The molecular formula is C17H15Cl2F2N3O. The molecular weight excluding hydrogens is 371 g/mol. The van der Waals surface area contributed by atoms with Gasteiger partial charge in [-0.15, -0.1) is 0 Å². The number of nitrogens with zero attached hydrogens (tertiary/aromatic N) is 1. The second-order valence-electron chi connectivity index (χ2n) is 5.73. The largest absolute Gasteiger partial charge is 0.369 e. The summed E-state index contributed by atoms with van der Waals surface area (Å²) in [4.78, 5) is 14.0. The highest BCUT2D eigenvalue weighted by molar-refractivity contribution is 6.43. The Morgan fingerprint density at radius 3 is 2.72 bits per heavy atom. The Bertz CT molecular complexity index is 803. The van der Waals surface area contributed by atoms with Gasteiger partial charge in [-0.25, -0.2) is 13.6 Å². The fourth-order valence-corrected chi connectivity index (χ4v) is 3.09. The summed E-state index contributed by atoms with van der Waals surface area (Å²) in [6.45, 7) is 1.13. The van der Waals surface area contributed by atoms with Crippen molar-refractivity contribution in [2.45, 2.75) is 12.5 Å².